The fourth-order valence-electron chi connectivity index (χ4n) is 1.69. The van der Waals surface area contributed by atoms with Crippen LogP contribution in [0.25, 0.3) is 0 Å². The molecule has 0 heterocycles. The van der Waals surface area contributed by atoms with E-state index in [1.807, 2.05) is 18.2 Å². The van der Waals surface area contributed by atoms with Gasteiger partial charge in [0.2, 0.25) is 0 Å². The highest BCUT2D eigenvalue weighted by molar-refractivity contribution is 5.38. The number of ether oxygens (including phenoxy) is 2. The fourth-order valence-corrected chi connectivity index (χ4v) is 1.69. The van der Waals surface area contributed by atoms with Crippen LogP contribution in [0.4, 0.5) is 0 Å². The van der Waals surface area contributed by atoms with E-state index in [4.69, 9.17) is 9.47 Å². The van der Waals surface area contributed by atoms with Crippen LogP contribution in [0.3, 0.4) is 0 Å². The second-order valence-electron chi connectivity index (χ2n) is 4.47. The van der Waals surface area contributed by atoms with Gasteiger partial charge in [0.1, 0.15) is 0 Å². The summed E-state index contributed by atoms with van der Waals surface area (Å²) in [6, 6.07) is 8.87. The lowest BCUT2D eigenvalue weighted by molar-refractivity contribution is 0.259. The molecule has 1 radical (unpaired) electrons. The van der Waals surface area contributed by atoms with Crippen molar-refractivity contribution in [1.29, 1.82) is 0 Å². The van der Waals surface area contributed by atoms with Gasteiger partial charge in [-0.25, -0.2) is 0 Å². The van der Waals surface area contributed by atoms with E-state index in [0.29, 0.717) is 0 Å². The van der Waals surface area contributed by atoms with Crippen LogP contribution in [0.5, 0.6) is 11.5 Å². The molecule has 0 saturated carbocycles. The first-order valence-corrected chi connectivity index (χ1v) is 7.14. The molecule has 2 heteroatoms. The summed E-state index contributed by atoms with van der Waals surface area (Å²) in [6.45, 7) is 5.90. The molecule has 0 unspecified atom stereocenters. The van der Waals surface area contributed by atoms with Crippen molar-refractivity contribution in [2.45, 2.75) is 52.4 Å². The average molecular weight is 249 g/mol. The van der Waals surface area contributed by atoms with Crippen LogP contribution >= 0.6 is 0 Å². The largest absolute Gasteiger partial charge is 0.490 e. The van der Waals surface area contributed by atoms with Crippen molar-refractivity contribution >= 4 is 0 Å². The molecule has 0 aromatic heterocycles. The molecule has 2 nitrogen and oxygen atoms in total. The third-order valence-corrected chi connectivity index (χ3v) is 2.78. The standard InChI is InChI=1S/C16H25O2/c1-3-5-9-13-17-15-11-7-8-12-16(15)18-14-10-6-4-2/h7-8,11H,3-6,9-10,13-14H2,1-2H3. The Morgan fingerprint density at radius 1 is 0.944 bits per heavy atom. The zero-order chi connectivity index (χ0) is 13.1. The predicted molar refractivity (Wildman–Crippen MR) is 75.3 cm³/mol. The Hall–Kier alpha value is -1.18. The van der Waals surface area contributed by atoms with E-state index in [1.54, 1.807) is 0 Å². The van der Waals surface area contributed by atoms with Gasteiger partial charge in [0.05, 0.1) is 13.2 Å². The van der Waals surface area contributed by atoms with Crippen molar-refractivity contribution < 1.29 is 9.47 Å². The summed E-state index contributed by atoms with van der Waals surface area (Å²) in [4.78, 5) is 0. The lowest BCUT2D eigenvalue weighted by Gasteiger charge is -2.12. The first kappa shape index (κ1) is 14.9. The molecule has 0 atom stereocenters. The van der Waals surface area contributed by atoms with Gasteiger partial charge in [-0.2, -0.15) is 0 Å². The number of hydrogen-bond acceptors (Lipinski definition) is 2. The van der Waals surface area contributed by atoms with Crippen molar-refractivity contribution in [3.05, 3.63) is 24.3 Å². The summed E-state index contributed by atoms with van der Waals surface area (Å²) in [5.74, 6) is 1.58. The Balaban J connectivity index is 2.36. The molecule has 1 rings (SSSR count). The minimum atomic E-state index is 0.750. The molecule has 0 aliphatic rings. The maximum atomic E-state index is 5.74. The Labute approximate surface area is 111 Å². The number of benzene rings is 1. The van der Waals surface area contributed by atoms with Crippen LogP contribution in [-0.4, -0.2) is 13.2 Å². The van der Waals surface area contributed by atoms with E-state index in [0.717, 1.165) is 37.6 Å². The molecule has 0 bridgehead atoms. The fraction of sp³-hybridized carbons (Fsp3) is 0.625. The summed E-state index contributed by atoms with van der Waals surface area (Å²) in [6.07, 6.45) is 7.03. The summed E-state index contributed by atoms with van der Waals surface area (Å²) in [5.41, 5.74) is 0. The molecular formula is C16H25O2. The zero-order valence-electron chi connectivity index (χ0n) is 11.7. The molecule has 0 N–H and O–H groups in total. The number of hydrogen-bond donors (Lipinski definition) is 0. The molecule has 1 aromatic carbocycles. The van der Waals surface area contributed by atoms with Crippen molar-refractivity contribution in [3.63, 3.8) is 0 Å². The van der Waals surface area contributed by atoms with E-state index in [1.165, 1.54) is 25.7 Å². The van der Waals surface area contributed by atoms with Gasteiger partial charge >= 0.3 is 0 Å². The van der Waals surface area contributed by atoms with Crippen LogP contribution in [0.15, 0.2) is 18.2 Å². The molecule has 0 fully saturated rings. The van der Waals surface area contributed by atoms with Gasteiger partial charge in [0.15, 0.2) is 11.5 Å². The highest BCUT2D eigenvalue weighted by atomic mass is 16.5. The van der Waals surface area contributed by atoms with Gasteiger partial charge in [-0.15, -0.1) is 0 Å². The molecule has 0 aliphatic carbocycles. The first-order chi connectivity index (χ1) is 8.88. The molecule has 0 spiro atoms. The SMILES string of the molecule is CCCCCOc1[c]cccc1OCCCCC. The van der Waals surface area contributed by atoms with E-state index in [9.17, 15) is 0 Å². The van der Waals surface area contributed by atoms with Crippen LogP contribution < -0.4 is 9.47 Å². The summed E-state index contributed by atoms with van der Waals surface area (Å²) in [5, 5.41) is 0. The van der Waals surface area contributed by atoms with Crippen LogP contribution in [0.2, 0.25) is 0 Å². The maximum Gasteiger partial charge on any atom is 0.169 e. The highest BCUT2D eigenvalue weighted by Crippen LogP contribution is 2.26. The smallest absolute Gasteiger partial charge is 0.169 e. The lowest BCUT2D eigenvalue weighted by atomic mass is 10.2. The summed E-state index contributed by atoms with van der Waals surface area (Å²) < 4.78 is 11.5. The minimum absolute atomic E-state index is 0.750. The van der Waals surface area contributed by atoms with E-state index >= 15 is 0 Å². The average Bonchev–Trinajstić information content (AvgIpc) is 2.41. The number of rotatable bonds is 10. The van der Waals surface area contributed by atoms with Crippen LogP contribution in [-0.2, 0) is 0 Å². The normalized spacial score (nSPS) is 10.3. The van der Waals surface area contributed by atoms with E-state index < -0.39 is 0 Å². The maximum absolute atomic E-state index is 5.74. The van der Waals surface area contributed by atoms with Gasteiger partial charge in [-0.3, -0.25) is 0 Å². The summed E-state index contributed by atoms with van der Waals surface area (Å²) >= 11 is 0. The second-order valence-corrected chi connectivity index (χ2v) is 4.47. The zero-order valence-corrected chi connectivity index (χ0v) is 11.7. The second kappa shape index (κ2) is 9.81. The molecule has 0 amide bonds. The molecule has 18 heavy (non-hydrogen) atoms. The topological polar surface area (TPSA) is 18.5 Å². The van der Waals surface area contributed by atoms with Crippen molar-refractivity contribution in [2.75, 3.05) is 13.2 Å². The third-order valence-electron chi connectivity index (χ3n) is 2.78. The minimum Gasteiger partial charge on any atom is -0.490 e. The van der Waals surface area contributed by atoms with Crippen molar-refractivity contribution in [3.8, 4) is 11.5 Å². The molecule has 0 saturated heterocycles. The number of unbranched alkanes of at least 4 members (excludes halogenated alkanes) is 4. The van der Waals surface area contributed by atoms with Gasteiger partial charge < -0.3 is 9.47 Å². The predicted octanol–water partition coefficient (Wildman–Crippen LogP) is 4.62. The first-order valence-electron chi connectivity index (χ1n) is 7.14. The molecule has 1 aromatic rings. The van der Waals surface area contributed by atoms with Gasteiger partial charge in [0.25, 0.3) is 0 Å². The quantitative estimate of drug-likeness (QED) is 0.563. The van der Waals surface area contributed by atoms with Crippen LogP contribution in [0.1, 0.15) is 52.4 Å². The summed E-state index contributed by atoms with van der Waals surface area (Å²) in [7, 11) is 0. The monoisotopic (exact) mass is 249 g/mol. The van der Waals surface area contributed by atoms with E-state index in [-0.39, 0.29) is 0 Å². The van der Waals surface area contributed by atoms with Gasteiger partial charge in [-0.1, -0.05) is 51.7 Å². The Bertz CT molecular complexity index is 279. The molecular weight excluding hydrogens is 224 g/mol. The third kappa shape index (κ3) is 5.95. The lowest BCUT2D eigenvalue weighted by Crippen LogP contribution is -2.02. The van der Waals surface area contributed by atoms with Gasteiger partial charge in [0, 0.05) is 6.07 Å². The highest BCUT2D eigenvalue weighted by Gasteiger charge is 2.03. The van der Waals surface area contributed by atoms with Crippen molar-refractivity contribution in [1.82, 2.24) is 0 Å². The van der Waals surface area contributed by atoms with E-state index in [2.05, 4.69) is 19.9 Å². The number of para-hydroxylation sites is 1. The molecule has 101 valence electrons. The Morgan fingerprint density at radius 2 is 1.61 bits per heavy atom. The Morgan fingerprint density at radius 3 is 2.28 bits per heavy atom. The Kier molecular flexibility index (Phi) is 8.11. The van der Waals surface area contributed by atoms with Gasteiger partial charge in [-0.05, 0) is 18.9 Å². The van der Waals surface area contributed by atoms with Crippen molar-refractivity contribution in [2.24, 2.45) is 0 Å². The van der Waals surface area contributed by atoms with Crippen LogP contribution in [0, 0.1) is 6.07 Å². The molecule has 0 aliphatic heterocycles.